The van der Waals surface area contributed by atoms with Gasteiger partial charge in [-0.25, -0.2) is 0 Å². The summed E-state index contributed by atoms with van der Waals surface area (Å²) in [7, 11) is 0. The van der Waals surface area contributed by atoms with E-state index >= 15 is 0 Å². The minimum absolute atomic E-state index is 0.120. The summed E-state index contributed by atoms with van der Waals surface area (Å²) in [6.45, 7) is 10.7. The first-order valence-corrected chi connectivity index (χ1v) is 10.0. The van der Waals surface area contributed by atoms with E-state index in [1.165, 1.54) is 0 Å². The third-order valence-corrected chi connectivity index (χ3v) is 4.06. The maximum atomic E-state index is 11.6. The van der Waals surface area contributed by atoms with Crippen molar-refractivity contribution in [3.63, 3.8) is 0 Å². The zero-order valence-electron chi connectivity index (χ0n) is 17.3. The fourth-order valence-corrected chi connectivity index (χ4v) is 1.99. The van der Waals surface area contributed by atoms with Gasteiger partial charge in [0.15, 0.2) is 0 Å². The molecule has 0 aliphatic rings. The molecular weight excluding hydrogens is 352 g/mol. The number of ether oxygens (including phenoxy) is 5. The largest absolute Gasteiger partial charge is 0.379 e. The SMILES string of the molecule is CCC(=O)CCOCCOCCOCCOCCOCCC(=O)C(C)CC. The molecule has 0 radical (unpaired) electrons. The van der Waals surface area contributed by atoms with Crippen molar-refractivity contribution in [3.8, 4) is 0 Å². The van der Waals surface area contributed by atoms with Crippen molar-refractivity contribution >= 4 is 11.6 Å². The molecule has 0 aromatic heterocycles. The van der Waals surface area contributed by atoms with Crippen LogP contribution in [0.5, 0.6) is 0 Å². The minimum Gasteiger partial charge on any atom is -0.379 e. The zero-order valence-corrected chi connectivity index (χ0v) is 17.3. The minimum atomic E-state index is 0.120. The van der Waals surface area contributed by atoms with Gasteiger partial charge in [-0.3, -0.25) is 9.59 Å². The van der Waals surface area contributed by atoms with Gasteiger partial charge in [-0.15, -0.1) is 0 Å². The molecule has 160 valence electrons. The molecule has 0 aliphatic carbocycles. The molecule has 27 heavy (non-hydrogen) atoms. The molecule has 0 aromatic rings. The van der Waals surface area contributed by atoms with Gasteiger partial charge in [0.2, 0.25) is 0 Å². The summed E-state index contributed by atoms with van der Waals surface area (Å²) in [6, 6.07) is 0. The number of ketones is 2. The van der Waals surface area contributed by atoms with Gasteiger partial charge >= 0.3 is 0 Å². The molecule has 0 rings (SSSR count). The molecule has 0 aliphatic heterocycles. The van der Waals surface area contributed by atoms with Crippen LogP contribution in [0.2, 0.25) is 0 Å². The average Bonchev–Trinajstić information content (AvgIpc) is 2.69. The molecular formula is C20H38O7. The highest BCUT2D eigenvalue weighted by Gasteiger charge is 2.09. The van der Waals surface area contributed by atoms with E-state index < -0.39 is 0 Å². The monoisotopic (exact) mass is 390 g/mol. The Balaban J connectivity index is 3.13. The number of hydrogen-bond donors (Lipinski definition) is 0. The van der Waals surface area contributed by atoms with Crippen molar-refractivity contribution in [2.75, 3.05) is 66.1 Å². The molecule has 0 amide bonds. The lowest BCUT2D eigenvalue weighted by molar-refractivity contribution is -0.123. The standard InChI is InChI=1S/C20H38O7/c1-4-18(3)20(22)7-9-24-11-13-26-15-17-27-16-14-25-12-10-23-8-6-19(21)5-2/h18H,4-17H2,1-3H3. The first kappa shape index (κ1) is 26.1. The topological polar surface area (TPSA) is 80.3 Å². The van der Waals surface area contributed by atoms with Crippen molar-refractivity contribution in [1.29, 1.82) is 0 Å². The second-order valence-corrected chi connectivity index (χ2v) is 6.23. The summed E-state index contributed by atoms with van der Waals surface area (Å²) < 4.78 is 26.8. The Morgan fingerprint density at radius 2 is 1.00 bits per heavy atom. The summed E-state index contributed by atoms with van der Waals surface area (Å²) in [5, 5.41) is 0. The van der Waals surface area contributed by atoms with Gasteiger partial charge in [-0.05, 0) is 6.42 Å². The predicted octanol–water partition coefficient (Wildman–Crippen LogP) is 2.44. The maximum Gasteiger partial charge on any atom is 0.137 e. The lowest BCUT2D eigenvalue weighted by Crippen LogP contribution is -2.15. The van der Waals surface area contributed by atoms with Gasteiger partial charge < -0.3 is 23.7 Å². The van der Waals surface area contributed by atoms with Gasteiger partial charge in [-0.2, -0.15) is 0 Å². The quantitative estimate of drug-likeness (QED) is 0.279. The Hall–Kier alpha value is -0.860. The molecule has 0 saturated heterocycles. The Morgan fingerprint density at radius 3 is 1.37 bits per heavy atom. The van der Waals surface area contributed by atoms with Crippen LogP contribution in [-0.2, 0) is 33.3 Å². The lowest BCUT2D eigenvalue weighted by Gasteiger charge is -2.09. The van der Waals surface area contributed by atoms with E-state index in [1.807, 2.05) is 20.8 Å². The van der Waals surface area contributed by atoms with E-state index in [-0.39, 0.29) is 17.5 Å². The molecule has 0 fully saturated rings. The number of Topliss-reactive ketones (excluding diaryl/α,β-unsaturated/α-hetero) is 2. The third-order valence-electron chi connectivity index (χ3n) is 4.06. The molecule has 0 spiro atoms. The van der Waals surface area contributed by atoms with Crippen molar-refractivity contribution < 1.29 is 33.3 Å². The number of carbonyl (C=O) groups is 2. The van der Waals surface area contributed by atoms with E-state index in [2.05, 4.69) is 0 Å². The van der Waals surface area contributed by atoms with E-state index in [0.29, 0.717) is 85.3 Å². The van der Waals surface area contributed by atoms with Gasteiger partial charge in [0.1, 0.15) is 11.6 Å². The Labute approximate surface area is 164 Å². The predicted molar refractivity (Wildman–Crippen MR) is 103 cm³/mol. The third kappa shape index (κ3) is 18.3. The summed E-state index contributed by atoms with van der Waals surface area (Å²) >= 11 is 0. The maximum absolute atomic E-state index is 11.6. The van der Waals surface area contributed by atoms with Gasteiger partial charge in [0.05, 0.1) is 66.1 Å². The van der Waals surface area contributed by atoms with Crippen LogP contribution < -0.4 is 0 Å². The van der Waals surface area contributed by atoms with Crippen LogP contribution in [0, 0.1) is 5.92 Å². The van der Waals surface area contributed by atoms with Crippen LogP contribution in [0.1, 0.15) is 46.5 Å². The van der Waals surface area contributed by atoms with E-state index in [0.717, 1.165) is 6.42 Å². The van der Waals surface area contributed by atoms with Crippen molar-refractivity contribution in [2.24, 2.45) is 5.92 Å². The number of rotatable bonds is 21. The normalized spacial score (nSPS) is 12.3. The smallest absolute Gasteiger partial charge is 0.137 e. The molecule has 1 atom stereocenters. The first-order chi connectivity index (χ1) is 13.1. The van der Waals surface area contributed by atoms with Crippen LogP contribution in [0.25, 0.3) is 0 Å². The van der Waals surface area contributed by atoms with Gasteiger partial charge in [0, 0.05) is 25.2 Å². The van der Waals surface area contributed by atoms with E-state index in [9.17, 15) is 9.59 Å². The van der Waals surface area contributed by atoms with Crippen LogP contribution >= 0.6 is 0 Å². The second-order valence-electron chi connectivity index (χ2n) is 6.23. The molecule has 0 aromatic carbocycles. The summed E-state index contributed by atoms with van der Waals surface area (Å²) in [5.74, 6) is 0.594. The first-order valence-electron chi connectivity index (χ1n) is 10.0. The summed E-state index contributed by atoms with van der Waals surface area (Å²) in [4.78, 5) is 22.7. The Morgan fingerprint density at radius 1 is 0.630 bits per heavy atom. The van der Waals surface area contributed by atoms with Crippen molar-refractivity contribution in [2.45, 2.75) is 46.5 Å². The van der Waals surface area contributed by atoms with Crippen molar-refractivity contribution in [3.05, 3.63) is 0 Å². The van der Waals surface area contributed by atoms with Gasteiger partial charge in [0.25, 0.3) is 0 Å². The average molecular weight is 391 g/mol. The Bertz CT molecular complexity index is 360. The highest BCUT2D eigenvalue weighted by Crippen LogP contribution is 2.04. The fourth-order valence-electron chi connectivity index (χ4n) is 1.99. The molecule has 0 saturated carbocycles. The molecule has 1 unspecified atom stereocenters. The zero-order chi connectivity index (χ0) is 20.2. The molecule has 0 heterocycles. The van der Waals surface area contributed by atoms with Gasteiger partial charge in [-0.1, -0.05) is 20.8 Å². The second kappa shape index (κ2) is 19.9. The lowest BCUT2D eigenvalue weighted by atomic mass is 10.0. The van der Waals surface area contributed by atoms with Crippen LogP contribution in [0.4, 0.5) is 0 Å². The van der Waals surface area contributed by atoms with E-state index in [1.54, 1.807) is 0 Å². The molecule has 0 N–H and O–H groups in total. The highest BCUT2D eigenvalue weighted by molar-refractivity contribution is 5.80. The fraction of sp³-hybridized carbons (Fsp3) is 0.900. The highest BCUT2D eigenvalue weighted by atomic mass is 16.6. The summed E-state index contributed by atoms with van der Waals surface area (Å²) in [6.07, 6.45) is 2.39. The molecule has 7 heteroatoms. The summed E-state index contributed by atoms with van der Waals surface area (Å²) in [5.41, 5.74) is 0. The molecule has 7 nitrogen and oxygen atoms in total. The number of hydrogen-bond acceptors (Lipinski definition) is 7. The van der Waals surface area contributed by atoms with Crippen molar-refractivity contribution in [1.82, 2.24) is 0 Å². The van der Waals surface area contributed by atoms with Crippen LogP contribution in [-0.4, -0.2) is 77.6 Å². The molecule has 0 bridgehead atoms. The van der Waals surface area contributed by atoms with Crippen LogP contribution in [0.3, 0.4) is 0 Å². The number of carbonyl (C=O) groups excluding carboxylic acids is 2. The van der Waals surface area contributed by atoms with Crippen LogP contribution in [0.15, 0.2) is 0 Å². The van der Waals surface area contributed by atoms with E-state index in [4.69, 9.17) is 23.7 Å². The Kier molecular flexibility index (Phi) is 19.3.